The van der Waals surface area contributed by atoms with Gasteiger partial charge in [0.25, 0.3) is 0 Å². The monoisotopic (exact) mass is 217 g/mol. The van der Waals surface area contributed by atoms with Crippen LogP contribution in [-0.4, -0.2) is 13.1 Å². The molecule has 16 heavy (non-hydrogen) atoms. The first-order chi connectivity index (χ1) is 7.64. The van der Waals surface area contributed by atoms with Gasteiger partial charge in [-0.3, -0.25) is 0 Å². The third-order valence-corrected chi connectivity index (χ3v) is 3.93. The van der Waals surface area contributed by atoms with E-state index in [2.05, 4.69) is 43.4 Å². The molecule has 2 nitrogen and oxygen atoms in total. The Kier molecular flexibility index (Phi) is 2.13. The molecule has 1 aromatic carbocycles. The summed E-state index contributed by atoms with van der Waals surface area (Å²) in [6.07, 6.45) is 2.18. The van der Waals surface area contributed by atoms with Crippen LogP contribution in [0.5, 0.6) is 0 Å². The average molecular weight is 217 g/mol. The van der Waals surface area contributed by atoms with Gasteiger partial charge < -0.3 is 10.1 Å². The van der Waals surface area contributed by atoms with E-state index in [9.17, 15) is 0 Å². The first-order valence-corrected chi connectivity index (χ1v) is 6.15. The molecule has 2 aliphatic heterocycles. The summed E-state index contributed by atoms with van der Waals surface area (Å²) in [5.41, 5.74) is 2.64. The van der Waals surface area contributed by atoms with Crippen LogP contribution in [0.1, 0.15) is 37.8 Å². The topological polar surface area (TPSA) is 21.3 Å². The van der Waals surface area contributed by atoms with Crippen LogP contribution in [0.4, 0.5) is 0 Å². The molecule has 2 aliphatic rings. The van der Waals surface area contributed by atoms with Crippen molar-refractivity contribution in [3.63, 3.8) is 0 Å². The minimum absolute atomic E-state index is 0.0225. The molecule has 0 unspecified atom stereocenters. The van der Waals surface area contributed by atoms with E-state index in [-0.39, 0.29) is 11.2 Å². The first-order valence-electron chi connectivity index (χ1n) is 6.15. The predicted octanol–water partition coefficient (Wildman–Crippen LogP) is 2.53. The van der Waals surface area contributed by atoms with Gasteiger partial charge in [0.2, 0.25) is 0 Å². The van der Waals surface area contributed by atoms with E-state index in [1.54, 1.807) is 0 Å². The predicted molar refractivity (Wildman–Crippen MR) is 64.3 cm³/mol. The lowest BCUT2D eigenvalue weighted by molar-refractivity contribution is -0.138. The fourth-order valence-corrected chi connectivity index (χ4v) is 3.21. The van der Waals surface area contributed by atoms with Gasteiger partial charge in [-0.1, -0.05) is 24.3 Å². The smallest absolute Gasteiger partial charge is 0.0971 e. The summed E-state index contributed by atoms with van der Waals surface area (Å²) in [6, 6.07) is 8.71. The number of hydrogen-bond acceptors (Lipinski definition) is 2. The van der Waals surface area contributed by atoms with Crippen molar-refractivity contribution in [2.75, 3.05) is 13.1 Å². The quantitative estimate of drug-likeness (QED) is 0.721. The van der Waals surface area contributed by atoms with E-state index in [1.807, 2.05) is 0 Å². The van der Waals surface area contributed by atoms with Crippen LogP contribution in [0, 0.1) is 0 Å². The molecule has 2 heteroatoms. The lowest BCUT2D eigenvalue weighted by Gasteiger charge is -2.36. The molecular formula is C14H19NO. The second kappa shape index (κ2) is 3.31. The van der Waals surface area contributed by atoms with Gasteiger partial charge in [0.05, 0.1) is 11.2 Å². The van der Waals surface area contributed by atoms with Gasteiger partial charge in [0, 0.05) is 0 Å². The lowest BCUT2D eigenvalue weighted by Crippen LogP contribution is -2.41. The van der Waals surface area contributed by atoms with Crippen molar-refractivity contribution in [1.82, 2.24) is 5.32 Å². The van der Waals surface area contributed by atoms with Gasteiger partial charge in [-0.2, -0.15) is 0 Å². The number of nitrogens with one attached hydrogen (secondary N) is 1. The highest BCUT2D eigenvalue weighted by Crippen LogP contribution is 2.50. The Morgan fingerprint density at radius 2 is 1.69 bits per heavy atom. The standard InChI is InChI=1S/C14H19NO/c1-13(2)11-5-3-4-6-12(11)14(16-13)7-9-15-10-8-14/h3-6,15H,7-10H2,1-2H3. The summed E-state index contributed by atoms with van der Waals surface area (Å²) < 4.78 is 6.41. The molecule has 0 saturated carbocycles. The molecule has 1 fully saturated rings. The minimum Gasteiger partial charge on any atom is -0.360 e. The van der Waals surface area contributed by atoms with E-state index >= 15 is 0 Å². The number of fused-ring (bicyclic) bond motifs is 2. The zero-order valence-electron chi connectivity index (χ0n) is 10.0. The summed E-state index contributed by atoms with van der Waals surface area (Å²) >= 11 is 0. The molecule has 1 spiro atoms. The first kappa shape index (κ1) is 10.3. The maximum atomic E-state index is 6.41. The van der Waals surface area contributed by atoms with E-state index in [1.165, 1.54) is 11.1 Å². The Morgan fingerprint density at radius 3 is 2.38 bits per heavy atom. The Hall–Kier alpha value is -0.860. The maximum absolute atomic E-state index is 6.41. The van der Waals surface area contributed by atoms with Crippen molar-refractivity contribution < 1.29 is 4.74 Å². The summed E-state index contributed by atoms with van der Waals surface area (Å²) in [5, 5.41) is 3.41. The van der Waals surface area contributed by atoms with Gasteiger partial charge in [-0.15, -0.1) is 0 Å². The van der Waals surface area contributed by atoms with Gasteiger partial charge in [0.15, 0.2) is 0 Å². The van der Waals surface area contributed by atoms with E-state index < -0.39 is 0 Å². The Bertz CT molecular complexity index is 405. The molecule has 86 valence electrons. The second-order valence-corrected chi connectivity index (χ2v) is 5.40. The van der Waals surface area contributed by atoms with Crippen molar-refractivity contribution in [3.8, 4) is 0 Å². The van der Waals surface area contributed by atoms with Crippen LogP contribution >= 0.6 is 0 Å². The van der Waals surface area contributed by atoms with Crippen LogP contribution < -0.4 is 5.32 Å². The lowest BCUT2D eigenvalue weighted by atomic mass is 9.83. The summed E-state index contributed by atoms with van der Waals surface area (Å²) in [6.45, 7) is 6.49. The highest BCUT2D eigenvalue weighted by atomic mass is 16.5. The van der Waals surface area contributed by atoms with Crippen LogP contribution in [-0.2, 0) is 15.9 Å². The Balaban J connectivity index is 2.11. The van der Waals surface area contributed by atoms with Crippen molar-refractivity contribution >= 4 is 0 Å². The summed E-state index contributed by atoms with van der Waals surface area (Å²) in [5.74, 6) is 0. The van der Waals surface area contributed by atoms with Crippen LogP contribution in [0.25, 0.3) is 0 Å². The summed E-state index contributed by atoms with van der Waals surface area (Å²) in [7, 11) is 0. The minimum atomic E-state index is -0.131. The second-order valence-electron chi connectivity index (χ2n) is 5.40. The third-order valence-electron chi connectivity index (χ3n) is 3.93. The van der Waals surface area contributed by atoms with Crippen molar-refractivity contribution in [2.45, 2.75) is 37.9 Å². The highest BCUT2D eigenvalue weighted by molar-refractivity contribution is 5.40. The number of benzene rings is 1. The fraction of sp³-hybridized carbons (Fsp3) is 0.571. The number of rotatable bonds is 0. The largest absolute Gasteiger partial charge is 0.360 e. The number of hydrogen-bond donors (Lipinski definition) is 1. The van der Waals surface area contributed by atoms with Crippen LogP contribution in [0.2, 0.25) is 0 Å². The normalized spacial score (nSPS) is 25.6. The van der Waals surface area contributed by atoms with Gasteiger partial charge in [-0.05, 0) is 50.9 Å². The zero-order chi connectivity index (χ0) is 11.2. The maximum Gasteiger partial charge on any atom is 0.0971 e. The van der Waals surface area contributed by atoms with Gasteiger partial charge in [0.1, 0.15) is 0 Å². The molecular weight excluding hydrogens is 198 g/mol. The molecule has 1 N–H and O–H groups in total. The third kappa shape index (κ3) is 1.33. The van der Waals surface area contributed by atoms with Crippen molar-refractivity contribution in [1.29, 1.82) is 0 Å². The molecule has 0 atom stereocenters. The molecule has 2 heterocycles. The molecule has 0 aromatic heterocycles. The van der Waals surface area contributed by atoms with Crippen LogP contribution in [0.3, 0.4) is 0 Å². The number of piperidine rings is 1. The van der Waals surface area contributed by atoms with E-state index in [0.29, 0.717) is 0 Å². The molecule has 0 radical (unpaired) electrons. The molecule has 1 aromatic rings. The molecule has 0 aliphatic carbocycles. The van der Waals surface area contributed by atoms with Crippen molar-refractivity contribution in [2.24, 2.45) is 0 Å². The molecule has 3 rings (SSSR count). The SMILES string of the molecule is CC1(C)OC2(CCNCC2)c2ccccc21. The zero-order valence-corrected chi connectivity index (χ0v) is 10.0. The molecule has 1 saturated heterocycles. The Labute approximate surface area is 97.0 Å². The highest BCUT2D eigenvalue weighted by Gasteiger charge is 2.48. The van der Waals surface area contributed by atoms with Crippen molar-refractivity contribution in [3.05, 3.63) is 35.4 Å². The number of ether oxygens (including phenoxy) is 1. The molecule has 0 bridgehead atoms. The molecule has 0 amide bonds. The average Bonchev–Trinajstić information content (AvgIpc) is 2.50. The summed E-state index contributed by atoms with van der Waals surface area (Å²) in [4.78, 5) is 0. The van der Waals surface area contributed by atoms with Gasteiger partial charge in [-0.25, -0.2) is 0 Å². The fourth-order valence-electron chi connectivity index (χ4n) is 3.21. The van der Waals surface area contributed by atoms with E-state index in [0.717, 1.165) is 25.9 Å². The van der Waals surface area contributed by atoms with Crippen LogP contribution in [0.15, 0.2) is 24.3 Å². The van der Waals surface area contributed by atoms with E-state index in [4.69, 9.17) is 4.74 Å². The Morgan fingerprint density at radius 1 is 1.06 bits per heavy atom. The van der Waals surface area contributed by atoms with Gasteiger partial charge >= 0.3 is 0 Å².